The molecule has 1 aliphatic rings. The maximum Gasteiger partial charge on any atom is 0.183 e. The third-order valence-corrected chi connectivity index (χ3v) is 2.25. The smallest absolute Gasteiger partial charge is 0.183 e. The van der Waals surface area contributed by atoms with E-state index in [1.165, 1.54) is 12.8 Å². The minimum atomic E-state index is 0.366. The average molecular weight is 179 g/mol. The van der Waals surface area contributed by atoms with Gasteiger partial charge in [-0.15, -0.1) is 11.8 Å². The number of hydrogen-bond donors (Lipinski definition) is 0. The van der Waals surface area contributed by atoms with Gasteiger partial charge in [0.1, 0.15) is 0 Å². The van der Waals surface area contributed by atoms with Crippen molar-refractivity contribution in [2.24, 2.45) is 4.99 Å². The van der Waals surface area contributed by atoms with Crippen LogP contribution in [0.3, 0.4) is 0 Å². The van der Waals surface area contributed by atoms with Crippen molar-refractivity contribution in [3.63, 3.8) is 0 Å². The normalized spacial score (nSPS) is 22.3. The Labute approximate surface area is 80.4 Å². The molecule has 0 aromatic rings. The van der Waals surface area contributed by atoms with Gasteiger partial charge in [-0.25, -0.2) is 0 Å². The largest absolute Gasteiger partial charge is 0.484 e. The van der Waals surface area contributed by atoms with Gasteiger partial charge in [0, 0.05) is 12.8 Å². The number of rotatable bonds is 1. The topological polar surface area (TPSA) is 21.6 Å². The summed E-state index contributed by atoms with van der Waals surface area (Å²) in [5.41, 5.74) is 0. The van der Waals surface area contributed by atoms with Crippen LogP contribution in [0.2, 0.25) is 0 Å². The Morgan fingerprint density at radius 3 is 3.08 bits per heavy atom. The summed E-state index contributed by atoms with van der Waals surface area (Å²) >= 11 is 0. The van der Waals surface area contributed by atoms with Crippen LogP contribution in [0.1, 0.15) is 39.0 Å². The zero-order chi connectivity index (χ0) is 9.52. The lowest BCUT2D eigenvalue weighted by Gasteiger charge is -2.06. The summed E-state index contributed by atoms with van der Waals surface area (Å²) in [5.74, 6) is 6.89. The lowest BCUT2D eigenvalue weighted by Crippen LogP contribution is -2.06. The first-order valence-corrected chi connectivity index (χ1v) is 4.87. The molecule has 0 aromatic carbocycles. The first-order chi connectivity index (χ1) is 6.36. The van der Waals surface area contributed by atoms with E-state index in [0.717, 1.165) is 25.2 Å². The van der Waals surface area contributed by atoms with Crippen molar-refractivity contribution >= 4 is 5.90 Å². The molecule has 0 radical (unpaired) electrons. The van der Waals surface area contributed by atoms with Gasteiger partial charge >= 0.3 is 0 Å². The molecule has 0 saturated heterocycles. The molecule has 0 saturated carbocycles. The highest BCUT2D eigenvalue weighted by atomic mass is 16.5. The Hall–Kier alpha value is -0.970. The summed E-state index contributed by atoms with van der Waals surface area (Å²) in [6, 6.07) is 0.366. The van der Waals surface area contributed by atoms with Crippen molar-refractivity contribution in [2.75, 3.05) is 7.11 Å². The van der Waals surface area contributed by atoms with Crippen LogP contribution in [-0.2, 0) is 4.74 Å². The monoisotopic (exact) mass is 179 g/mol. The Morgan fingerprint density at radius 1 is 1.54 bits per heavy atom. The molecule has 1 rings (SSSR count). The van der Waals surface area contributed by atoms with Crippen LogP contribution in [0, 0.1) is 11.8 Å². The first kappa shape index (κ1) is 10.1. The minimum absolute atomic E-state index is 0.366. The highest BCUT2D eigenvalue weighted by molar-refractivity contribution is 5.76. The van der Waals surface area contributed by atoms with Crippen LogP contribution in [0.25, 0.3) is 0 Å². The number of ether oxygens (including phenoxy) is 1. The van der Waals surface area contributed by atoms with Crippen LogP contribution in [0.4, 0.5) is 0 Å². The molecule has 13 heavy (non-hydrogen) atoms. The summed E-state index contributed by atoms with van der Waals surface area (Å²) in [6.45, 7) is 1.87. The standard InChI is InChI=1S/C11H17NO/c1-3-4-7-10-8-5-6-9-11(12-10)13-2/h10H,5-9H2,1-2H3. The maximum atomic E-state index is 5.18. The number of nitrogens with zero attached hydrogens (tertiary/aromatic N) is 1. The molecule has 1 atom stereocenters. The van der Waals surface area contributed by atoms with Gasteiger partial charge in [0.05, 0.1) is 13.2 Å². The van der Waals surface area contributed by atoms with E-state index in [-0.39, 0.29) is 0 Å². The summed E-state index contributed by atoms with van der Waals surface area (Å²) in [5, 5.41) is 0. The Kier molecular flexibility index (Phi) is 4.39. The van der Waals surface area contributed by atoms with Crippen molar-refractivity contribution < 1.29 is 4.74 Å². The Morgan fingerprint density at radius 2 is 2.38 bits per heavy atom. The SMILES string of the molecule is CC#CCC1CCCCC(OC)=N1. The van der Waals surface area contributed by atoms with Crippen molar-refractivity contribution in [2.45, 2.75) is 45.1 Å². The fraction of sp³-hybridized carbons (Fsp3) is 0.727. The fourth-order valence-corrected chi connectivity index (χ4v) is 1.51. The maximum absolute atomic E-state index is 5.18. The van der Waals surface area contributed by atoms with E-state index in [4.69, 9.17) is 4.74 Å². The van der Waals surface area contributed by atoms with E-state index in [9.17, 15) is 0 Å². The van der Waals surface area contributed by atoms with Crippen molar-refractivity contribution in [3.8, 4) is 11.8 Å². The lowest BCUT2D eigenvalue weighted by molar-refractivity contribution is 0.386. The lowest BCUT2D eigenvalue weighted by atomic mass is 10.1. The summed E-state index contributed by atoms with van der Waals surface area (Å²) in [4.78, 5) is 4.52. The molecular formula is C11H17NO. The second-order valence-corrected chi connectivity index (χ2v) is 3.26. The molecule has 2 nitrogen and oxygen atoms in total. The number of methoxy groups -OCH3 is 1. The molecule has 0 fully saturated rings. The molecule has 0 aliphatic carbocycles. The van der Waals surface area contributed by atoms with Gasteiger partial charge < -0.3 is 4.74 Å². The third kappa shape index (κ3) is 3.50. The molecule has 1 aliphatic heterocycles. The Bertz CT molecular complexity index is 234. The highest BCUT2D eigenvalue weighted by Crippen LogP contribution is 2.16. The van der Waals surface area contributed by atoms with E-state index >= 15 is 0 Å². The van der Waals surface area contributed by atoms with Gasteiger partial charge in [-0.05, 0) is 19.8 Å². The highest BCUT2D eigenvalue weighted by Gasteiger charge is 2.12. The summed E-state index contributed by atoms with van der Waals surface area (Å²) < 4.78 is 5.18. The minimum Gasteiger partial charge on any atom is -0.484 e. The van der Waals surface area contributed by atoms with Crippen LogP contribution < -0.4 is 0 Å². The zero-order valence-electron chi connectivity index (χ0n) is 8.47. The summed E-state index contributed by atoms with van der Waals surface area (Å²) in [7, 11) is 1.70. The second-order valence-electron chi connectivity index (χ2n) is 3.26. The third-order valence-electron chi connectivity index (χ3n) is 2.25. The molecule has 1 unspecified atom stereocenters. The Balaban J connectivity index is 2.53. The average Bonchev–Trinajstić information content (AvgIpc) is 2.39. The van der Waals surface area contributed by atoms with Crippen molar-refractivity contribution in [1.29, 1.82) is 0 Å². The second kappa shape index (κ2) is 5.64. The molecule has 0 spiro atoms. The first-order valence-electron chi connectivity index (χ1n) is 4.87. The predicted octanol–water partition coefficient (Wildman–Crippen LogP) is 2.39. The van der Waals surface area contributed by atoms with Crippen molar-refractivity contribution in [1.82, 2.24) is 0 Å². The number of aliphatic imine (C=N–C) groups is 1. The van der Waals surface area contributed by atoms with Gasteiger partial charge in [-0.2, -0.15) is 0 Å². The van der Waals surface area contributed by atoms with Crippen LogP contribution in [0.5, 0.6) is 0 Å². The molecule has 0 amide bonds. The molecule has 0 aromatic heterocycles. The molecular weight excluding hydrogens is 162 g/mol. The summed E-state index contributed by atoms with van der Waals surface area (Å²) in [6.07, 6.45) is 5.46. The van der Waals surface area contributed by atoms with E-state index in [0.29, 0.717) is 6.04 Å². The molecule has 72 valence electrons. The van der Waals surface area contributed by atoms with E-state index in [1.54, 1.807) is 7.11 Å². The molecule has 2 heteroatoms. The van der Waals surface area contributed by atoms with Gasteiger partial charge in [0.15, 0.2) is 5.90 Å². The zero-order valence-corrected chi connectivity index (χ0v) is 8.47. The number of hydrogen-bond acceptors (Lipinski definition) is 2. The van der Waals surface area contributed by atoms with E-state index in [2.05, 4.69) is 16.8 Å². The molecule has 0 bridgehead atoms. The molecule has 1 heterocycles. The quantitative estimate of drug-likeness (QED) is 0.566. The van der Waals surface area contributed by atoms with Crippen LogP contribution in [-0.4, -0.2) is 19.0 Å². The molecule has 0 N–H and O–H groups in total. The fourth-order valence-electron chi connectivity index (χ4n) is 1.51. The van der Waals surface area contributed by atoms with Crippen molar-refractivity contribution in [3.05, 3.63) is 0 Å². The van der Waals surface area contributed by atoms with Gasteiger partial charge in [-0.3, -0.25) is 4.99 Å². The van der Waals surface area contributed by atoms with Crippen LogP contribution >= 0.6 is 0 Å². The van der Waals surface area contributed by atoms with Gasteiger partial charge in [0.2, 0.25) is 0 Å². The van der Waals surface area contributed by atoms with Gasteiger partial charge in [-0.1, -0.05) is 6.42 Å². The predicted molar refractivity (Wildman–Crippen MR) is 54.8 cm³/mol. The van der Waals surface area contributed by atoms with E-state index < -0.39 is 0 Å². The van der Waals surface area contributed by atoms with Gasteiger partial charge in [0.25, 0.3) is 0 Å². The van der Waals surface area contributed by atoms with E-state index in [1.807, 2.05) is 6.92 Å². The van der Waals surface area contributed by atoms with Crippen LogP contribution in [0.15, 0.2) is 4.99 Å².